The van der Waals surface area contributed by atoms with Gasteiger partial charge in [-0.05, 0) is 55.7 Å². The van der Waals surface area contributed by atoms with Crippen LogP contribution in [0.1, 0.15) is 53.5 Å². The van der Waals surface area contributed by atoms with Crippen LogP contribution in [-0.2, 0) is 4.79 Å². The van der Waals surface area contributed by atoms with Gasteiger partial charge in [0.25, 0.3) is 0 Å². The van der Waals surface area contributed by atoms with Crippen molar-refractivity contribution in [2.75, 3.05) is 5.32 Å². The normalized spacial score (nSPS) is 18.8. The molecule has 1 aromatic heterocycles. The molecule has 4 nitrogen and oxygen atoms in total. The minimum Gasteiger partial charge on any atom is -0.330 e. The van der Waals surface area contributed by atoms with E-state index in [1.807, 2.05) is 36.9 Å². The van der Waals surface area contributed by atoms with E-state index in [1.54, 1.807) is 25.3 Å². The average molecular weight is 514 g/mol. The van der Waals surface area contributed by atoms with Crippen LogP contribution in [0, 0.1) is 28.7 Å². The van der Waals surface area contributed by atoms with Gasteiger partial charge in [0.2, 0.25) is 5.91 Å². The first-order valence-electron chi connectivity index (χ1n) is 11.9. The van der Waals surface area contributed by atoms with E-state index in [0.717, 1.165) is 24.5 Å². The highest BCUT2D eigenvalue weighted by molar-refractivity contribution is 6.00. The maximum absolute atomic E-state index is 13.8. The fourth-order valence-corrected chi connectivity index (χ4v) is 4.46. The molecular weight excluding hydrogens is 482 g/mol. The molecule has 1 aromatic carbocycles. The van der Waals surface area contributed by atoms with Gasteiger partial charge in [-0.1, -0.05) is 49.8 Å². The summed E-state index contributed by atoms with van der Waals surface area (Å²) >= 11 is 0. The Hall–Kier alpha value is -3.68. The van der Waals surface area contributed by atoms with Crippen LogP contribution in [0.2, 0.25) is 0 Å². The van der Waals surface area contributed by atoms with Crippen molar-refractivity contribution >= 4 is 11.6 Å². The molecule has 0 saturated heterocycles. The van der Waals surface area contributed by atoms with Crippen molar-refractivity contribution in [2.24, 2.45) is 5.41 Å². The van der Waals surface area contributed by atoms with Crippen LogP contribution in [0.3, 0.4) is 0 Å². The van der Waals surface area contributed by atoms with Crippen molar-refractivity contribution in [2.45, 2.75) is 53.5 Å². The van der Waals surface area contributed by atoms with Crippen LogP contribution in [-0.4, -0.2) is 15.5 Å². The number of carbonyl (C=O) groups excluding carboxylic acids is 1. The number of rotatable bonds is 7. The lowest BCUT2D eigenvalue weighted by Crippen LogP contribution is -2.25. The number of imidazole rings is 1. The molecule has 0 spiro atoms. The molecular formula is C29H31F4N3O. The number of nitrogens with zero attached hydrogens (tertiary/aromatic N) is 2. The molecule has 2 aromatic rings. The number of anilines is 1. The second-order valence-electron chi connectivity index (χ2n) is 9.87. The number of hydrogen-bond acceptors (Lipinski definition) is 2. The SMILES string of the molecule is CC1=C(/C=C/C(C)=C/C=C/C(C)=C/C(=O)Nc2cc(F)c(F)c(F)c2F)C(C)(C)CC[C@@H]1n1ccnc1. The second kappa shape index (κ2) is 11.6. The van der Waals surface area contributed by atoms with Gasteiger partial charge in [-0.3, -0.25) is 4.79 Å². The molecule has 196 valence electrons. The number of benzene rings is 1. The number of hydrogen-bond donors (Lipinski definition) is 1. The fraction of sp³-hybridized carbons (Fsp3) is 0.310. The molecule has 0 radical (unpaired) electrons. The van der Waals surface area contributed by atoms with Crippen LogP contribution in [0.4, 0.5) is 23.2 Å². The molecule has 8 heteroatoms. The maximum Gasteiger partial charge on any atom is 0.248 e. The summed E-state index contributed by atoms with van der Waals surface area (Å²) in [7, 11) is 0. The molecule has 1 N–H and O–H groups in total. The van der Waals surface area contributed by atoms with E-state index in [9.17, 15) is 22.4 Å². The van der Waals surface area contributed by atoms with Gasteiger partial charge < -0.3 is 9.88 Å². The maximum atomic E-state index is 13.8. The zero-order valence-corrected chi connectivity index (χ0v) is 21.6. The molecule has 1 amide bonds. The van der Waals surface area contributed by atoms with Crippen molar-refractivity contribution in [1.29, 1.82) is 0 Å². The van der Waals surface area contributed by atoms with E-state index >= 15 is 0 Å². The summed E-state index contributed by atoms with van der Waals surface area (Å²) in [6, 6.07) is 0.681. The lowest BCUT2D eigenvalue weighted by atomic mass is 9.71. The quantitative estimate of drug-likeness (QED) is 0.135. The summed E-state index contributed by atoms with van der Waals surface area (Å²) in [5, 5.41) is 2.02. The number of aromatic nitrogens is 2. The number of halogens is 4. The van der Waals surface area contributed by atoms with E-state index < -0.39 is 34.9 Å². The first kappa shape index (κ1) is 27.9. The molecule has 1 aliphatic carbocycles. The van der Waals surface area contributed by atoms with Crippen molar-refractivity contribution < 1.29 is 22.4 Å². The largest absolute Gasteiger partial charge is 0.330 e. The number of allylic oxidation sites excluding steroid dienone is 9. The van der Waals surface area contributed by atoms with E-state index in [0.29, 0.717) is 11.6 Å². The smallest absolute Gasteiger partial charge is 0.248 e. The summed E-state index contributed by atoms with van der Waals surface area (Å²) < 4.78 is 55.6. The number of amides is 1. The molecule has 37 heavy (non-hydrogen) atoms. The summed E-state index contributed by atoms with van der Waals surface area (Å²) in [4.78, 5) is 16.3. The van der Waals surface area contributed by atoms with Gasteiger partial charge in [0.15, 0.2) is 23.3 Å². The second-order valence-corrected chi connectivity index (χ2v) is 9.87. The van der Waals surface area contributed by atoms with Crippen LogP contribution >= 0.6 is 0 Å². The van der Waals surface area contributed by atoms with Crippen LogP contribution in [0.15, 0.2) is 83.5 Å². The highest BCUT2D eigenvalue weighted by Crippen LogP contribution is 2.45. The van der Waals surface area contributed by atoms with Crippen molar-refractivity contribution in [3.63, 3.8) is 0 Å². The Labute approximate surface area is 214 Å². The first-order valence-corrected chi connectivity index (χ1v) is 11.9. The monoisotopic (exact) mass is 513 g/mol. The Balaban J connectivity index is 1.68. The van der Waals surface area contributed by atoms with Crippen LogP contribution in [0.25, 0.3) is 0 Å². The Morgan fingerprint density at radius 3 is 2.51 bits per heavy atom. The van der Waals surface area contributed by atoms with Crippen molar-refractivity contribution in [3.8, 4) is 0 Å². The average Bonchev–Trinajstić information content (AvgIpc) is 3.35. The molecule has 0 unspecified atom stereocenters. The fourth-order valence-electron chi connectivity index (χ4n) is 4.46. The highest BCUT2D eigenvalue weighted by Gasteiger charge is 2.32. The van der Waals surface area contributed by atoms with Gasteiger partial charge in [-0.2, -0.15) is 0 Å². The van der Waals surface area contributed by atoms with E-state index in [-0.39, 0.29) is 11.5 Å². The molecule has 3 rings (SSSR count). The Morgan fingerprint density at radius 1 is 1.11 bits per heavy atom. The van der Waals surface area contributed by atoms with Gasteiger partial charge in [0.05, 0.1) is 18.1 Å². The van der Waals surface area contributed by atoms with Crippen molar-refractivity contribution in [3.05, 3.63) is 107 Å². The molecule has 0 saturated carbocycles. The summed E-state index contributed by atoms with van der Waals surface area (Å²) in [5.41, 5.74) is 3.40. The van der Waals surface area contributed by atoms with E-state index in [4.69, 9.17) is 0 Å². The topological polar surface area (TPSA) is 46.9 Å². The first-order chi connectivity index (χ1) is 17.4. The molecule has 1 aliphatic rings. The standard InChI is InChI=1S/C29H31F4N3O/c1-18(9-10-21-20(3)24(11-12-29(21,4)5)36-14-13-34-17-36)7-6-8-19(2)15-25(37)35-23-16-22(30)26(31)28(33)27(23)32/h6-10,13-17,24H,11-12H2,1-5H3,(H,35,37)/b8-6+,10-9+,18-7+,19-15+/t24-/m0/s1. The molecule has 1 atom stereocenters. The molecule has 0 bridgehead atoms. The van der Waals surface area contributed by atoms with Crippen LogP contribution in [0.5, 0.6) is 0 Å². The lowest BCUT2D eigenvalue weighted by molar-refractivity contribution is -0.112. The zero-order chi connectivity index (χ0) is 27.3. The van der Waals surface area contributed by atoms with Crippen LogP contribution < -0.4 is 5.32 Å². The highest BCUT2D eigenvalue weighted by atomic mass is 19.2. The minimum atomic E-state index is -1.98. The summed E-state index contributed by atoms with van der Waals surface area (Å²) in [5.74, 6) is -7.98. The third-order valence-electron chi connectivity index (χ3n) is 6.53. The third-order valence-corrected chi connectivity index (χ3v) is 6.53. The Morgan fingerprint density at radius 2 is 1.84 bits per heavy atom. The summed E-state index contributed by atoms with van der Waals surface area (Å²) in [6.45, 7) is 10.3. The van der Waals surface area contributed by atoms with Gasteiger partial charge in [-0.25, -0.2) is 22.5 Å². The number of carbonyl (C=O) groups is 1. The Bertz CT molecular complexity index is 1320. The molecule has 0 aliphatic heterocycles. The Kier molecular flexibility index (Phi) is 8.73. The molecule has 0 fully saturated rings. The van der Waals surface area contributed by atoms with Gasteiger partial charge >= 0.3 is 0 Å². The lowest BCUT2D eigenvalue weighted by Gasteiger charge is -2.37. The van der Waals surface area contributed by atoms with E-state index in [1.165, 1.54) is 11.1 Å². The predicted molar refractivity (Wildman–Crippen MR) is 138 cm³/mol. The minimum absolute atomic E-state index is 0.0519. The van der Waals surface area contributed by atoms with Gasteiger partial charge in [0.1, 0.15) is 0 Å². The summed E-state index contributed by atoms with van der Waals surface area (Å²) in [6.07, 6.45) is 18.4. The third kappa shape index (κ3) is 6.76. The molecule has 1 heterocycles. The van der Waals surface area contributed by atoms with E-state index in [2.05, 4.69) is 36.4 Å². The predicted octanol–water partition coefficient (Wildman–Crippen LogP) is 7.76. The van der Waals surface area contributed by atoms with Crippen molar-refractivity contribution in [1.82, 2.24) is 9.55 Å². The van der Waals surface area contributed by atoms with Gasteiger partial charge in [-0.15, -0.1) is 0 Å². The van der Waals surface area contributed by atoms with Gasteiger partial charge in [0, 0.05) is 24.5 Å². The zero-order valence-electron chi connectivity index (χ0n) is 21.6. The number of nitrogens with one attached hydrogen (secondary N) is 1.